The topological polar surface area (TPSA) is 84.5 Å². The van der Waals surface area contributed by atoms with E-state index in [-0.39, 0.29) is 24.3 Å². The summed E-state index contributed by atoms with van der Waals surface area (Å²) in [6.45, 7) is 0. The molecule has 2 N–H and O–H groups in total. The van der Waals surface area contributed by atoms with Crippen molar-refractivity contribution in [2.24, 2.45) is 0 Å². The van der Waals surface area contributed by atoms with Gasteiger partial charge in [0.15, 0.2) is 0 Å². The van der Waals surface area contributed by atoms with E-state index in [0.717, 1.165) is 18.4 Å². The first kappa shape index (κ1) is 16.3. The molecule has 2 aromatic rings. The van der Waals surface area contributed by atoms with Crippen LogP contribution in [0, 0.1) is 0 Å². The van der Waals surface area contributed by atoms with E-state index in [9.17, 15) is 14.4 Å². The molecule has 6 nitrogen and oxygen atoms in total. The summed E-state index contributed by atoms with van der Waals surface area (Å²) in [7, 11) is 0. The Morgan fingerprint density at radius 2 is 1.88 bits per heavy atom. The number of fused-ring (bicyclic) bond motifs is 1. The fourth-order valence-electron chi connectivity index (χ4n) is 2.99. The van der Waals surface area contributed by atoms with Crippen molar-refractivity contribution in [1.82, 2.24) is 5.32 Å². The second-order valence-corrected chi connectivity index (χ2v) is 6.56. The number of nitrogens with one attached hydrogen (secondary N) is 2. The van der Waals surface area contributed by atoms with Gasteiger partial charge in [-0.1, -0.05) is 24.3 Å². The van der Waals surface area contributed by atoms with Crippen molar-refractivity contribution < 1.29 is 19.1 Å². The zero-order valence-electron chi connectivity index (χ0n) is 14.0. The molecule has 1 atom stereocenters. The first-order chi connectivity index (χ1) is 12.6. The maximum absolute atomic E-state index is 12.4. The number of hydrogen-bond acceptors (Lipinski definition) is 4. The summed E-state index contributed by atoms with van der Waals surface area (Å²) in [4.78, 5) is 36.3. The van der Waals surface area contributed by atoms with Crippen LogP contribution in [0.25, 0.3) is 0 Å². The highest BCUT2D eigenvalue weighted by Gasteiger charge is 2.32. The van der Waals surface area contributed by atoms with Crippen LogP contribution in [0.3, 0.4) is 0 Å². The number of rotatable bonds is 5. The predicted molar refractivity (Wildman–Crippen MR) is 94.8 cm³/mol. The highest BCUT2D eigenvalue weighted by atomic mass is 16.5. The Kier molecular flexibility index (Phi) is 4.16. The van der Waals surface area contributed by atoms with Crippen LogP contribution < -0.4 is 10.6 Å². The lowest BCUT2D eigenvalue weighted by molar-refractivity contribution is -0.118. The molecule has 1 fully saturated rings. The number of anilines is 1. The van der Waals surface area contributed by atoms with Gasteiger partial charge in [-0.3, -0.25) is 9.59 Å². The molecule has 0 radical (unpaired) electrons. The maximum atomic E-state index is 12.4. The van der Waals surface area contributed by atoms with Gasteiger partial charge in [0.2, 0.25) is 5.91 Å². The van der Waals surface area contributed by atoms with E-state index in [1.807, 2.05) is 6.07 Å². The maximum Gasteiger partial charge on any atom is 0.339 e. The van der Waals surface area contributed by atoms with E-state index in [1.165, 1.54) is 0 Å². The number of benzene rings is 2. The standard InChI is InChI=1S/C20H18N2O4/c23-18(11-17-15-6-1-2-7-16(15)20(25)26-17)21-14-5-3-4-12(10-14)19(24)22-13-8-9-13/h1-7,10,13,17H,8-9,11H2,(H,21,23)(H,22,24)/t17-/m0/s1. The summed E-state index contributed by atoms with van der Waals surface area (Å²) < 4.78 is 5.29. The quantitative estimate of drug-likeness (QED) is 0.812. The Labute approximate surface area is 150 Å². The van der Waals surface area contributed by atoms with Gasteiger partial charge < -0.3 is 15.4 Å². The van der Waals surface area contributed by atoms with Gasteiger partial charge in [0.05, 0.1) is 12.0 Å². The molecule has 6 heteroatoms. The fraction of sp³-hybridized carbons (Fsp3) is 0.250. The average molecular weight is 350 g/mol. The van der Waals surface area contributed by atoms with Crippen molar-refractivity contribution in [2.45, 2.75) is 31.4 Å². The Hall–Kier alpha value is -3.15. The zero-order valence-corrected chi connectivity index (χ0v) is 14.0. The van der Waals surface area contributed by atoms with Gasteiger partial charge in [-0.15, -0.1) is 0 Å². The molecule has 4 rings (SSSR count). The van der Waals surface area contributed by atoms with Crippen LogP contribution in [0.15, 0.2) is 48.5 Å². The Morgan fingerprint density at radius 1 is 1.08 bits per heavy atom. The molecule has 1 aliphatic carbocycles. The number of carbonyl (C=O) groups is 3. The molecule has 0 bridgehead atoms. The summed E-state index contributed by atoms with van der Waals surface area (Å²) in [5, 5.41) is 5.68. The summed E-state index contributed by atoms with van der Waals surface area (Å²) in [5.41, 5.74) is 2.28. The van der Waals surface area contributed by atoms with E-state index in [0.29, 0.717) is 16.8 Å². The van der Waals surface area contributed by atoms with Crippen LogP contribution in [0.5, 0.6) is 0 Å². The van der Waals surface area contributed by atoms with Gasteiger partial charge >= 0.3 is 5.97 Å². The van der Waals surface area contributed by atoms with Gasteiger partial charge in [0, 0.05) is 22.9 Å². The number of esters is 1. The Morgan fingerprint density at radius 3 is 2.69 bits per heavy atom. The zero-order chi connectivity index (χ0) is 18.1. The smallest absolute Gasteiger partial charge is 0.339 e. The highest BCUT2D eigenvalue weighted by Crippen LogP contribution is 2.33. The van der Waals surface area contributed by atoms with Gasteiger partial charge in [0.25, 0.3) is 5.91 Å². The molecule has 26 heavy (non-hydrogen) atoms. The van der Waals surface area contributed by atoms with Gasteiger partial charge in [0.1, 0.15) is 6.10 Å². The van der Waals surface area contributed by atoms with E-state index in [2.05, 4.69) is 10.6 Å². The second kappa shape index (κ2) is 6.63. The average Bonchev–Trinajstić information content (AvgIpc) is 3.39. The summed E-state index contributed by atoms with van der Waals surface area (Å²) in [6, 6.07) is 14.1. The van der Waals surface area contributed by atoms with Gasteiger partial charge in [-0.05, 0) is 37.1 Å². The minimum Gasteiger partial charge on any atom is -0.453 e. The molecule has 0 unspecified atom stereocenters. The highest BCUT2D eigenvalue weighted by molar-refractivity contribution is 5.98. The van der Waals surface area contributed by atoms with E-state index in [4.69, 9.17) is 4.74 Å². The molecule has 2 amide bonds. The number of hydrogen-bond donors (Lipinski definition) is 2. The van der Waals surface area contributed by atoms with Gasteiger partial charge in [-0.25, -0.2) is 4.79 Å². The Bertz CT molecular complexity index is 889. The second-order valence-electron chi connectivity index (χ2n) is 6.56. The molecular formula is C20H18N2O4. The molecule has 1 saturated carbocycles. The lowest BCUT2D eigenvalue weighted by Gasteiger charge is -2.12. The molecule has 1 aliphatic heterocycles. The lowest BCUT2D eigenvalue weighted by atomic mass is 10.0. The fourth-order valence-corrected chi connectivity index (χ4v) is 2.99. The molecule has 2 aliphatic rings. The van der Waals surface area contributed by atoms with Crippen molar-refractivity contribution in [3.8, 4) is 0 Å². The number of cyclic esters (lactones) is 1. The van der Waals surface area contributed by atoms with Crippen molar-refractivity contribution in [2.75, 3.05) is 5.32 Å². The van der Waals surface area contributed by atoms with Crippen molar-refractivity contribution in [3.63, 3.8) is 0 Å². The minimum atomic E-state index is -0.583. The van der Waals surface area contributed by atoms with E-state index < -0.39 is 12.1 Å². The summed E-state index contributed by atoms with van der Waals surface area (Å²) >= 11 is 0. The molecule has 0 spiro atoms. The SMILES string of the molecule is O=C(C[C@@H]1OC(=O)c2ccccc21)Nc1cccc(C(=O)NC2CC2)c1. The number of ether oxygens (including phenoxy) is 1. The van der Waals surface area contributed by atoms with Crippen LogP contribution in [-0.2, 0) is 9.53 Å². The van der Waals surface area contributed by atoms with E-state index in [1.54, 1.807) is 42.5 Å². The van der Waals surface area contributed by atoms with Gasteiger partial charge in [-0.2, -0.15) is 0 Å². The molecule has 0 aromatic heterocycles. The van der Waals surface area contributed by atoms with Crippen molar-refractivity contribution >= 4 is 23.5 Å². The molecule has 0 saturated heterocycles. The summed E-state index contributed by atoms with van der Waals surface area (Å²) in [6.07, 6.45) is 1.48. The predicted octanol–water partition coefficient (Wildman–Crippen LogP) is 2.82. The third kappa shape index (κ3) is 3.44. The minimum absolute atomic E-state index is 0.0290. The third-order valence-electron chi connectivity index (χ3n) is 4.47. The first-order valence-electron chi connectivity index (χ1n) is 8.61. The molecule has 2 aromatic carbocycles. The monoisotopic (exact) mass is 350 g/mol. The normalized spacial score (nSPS) is 18.0. The van der Waals surface area contributed by atoms with E-state index >= 15 is 0 Å². The number of carbonyl (C=O) groups excluding carboxylic acids is 3. The largest absolute Gasteiger partial charge is 0.453 e. The molecule has 1 heterocycles. The van der Waals surface area contributed by atoms with Crippen molar-refractivity contribution in [1.29, 1.82) is 0 Å². The lowest BCUT2D eigenvalue weighted by Crippen LogP contribution is -2.25. The van der Waals surface area contributed by atoms with Crippen LogP contribution in [0.1, 0.15) is 51.6 Å². The van der Waals surface area contributed by atoms with Crippen LogP contribution in [0.2, 0.25) is 0 Å². The third-order valence-corrected chi connectivity index (χ3v) is 4.47. The first-order valence-corrected chi connectivity index (χ1v) is 8.61. The molecule has 132 valence electrons. The molecular weight excluding hydrogens is 332 g/mol. The Balaban J connectivity index is 1.41. The van der Waals surface area contributed by atoms with Crippen molar-refractivity contribution in [3.05, 3.63) is 65.2 Å². The van der Waals surface area contributed by atoms with Crippen LogP contribution >= 0.6 is 0 Å². The van der Waals surface area contributed by atoms with Crippen LogP contribution in [0.4, 0.5) is 5.69 Å². The number of amides is 2. The van der Waals surface area contributed by atoms with Crippen LogP contribution in [-0.4, -0.2) is 23.8 Å². The summed E-state index contributed by atoms with van der Waals surface area (Å²) in [5.74, 6) is -0.821.